The van der Waals surface area contributed by atoms with Crippen LogP contribution in [-0.2, 0) is 17.8 Å². The number of likely N-dealkylation sites (tertiary alicyclic amines) is 1. The lowest BCUT2D eigenvalue weighted by atomic mass is 10.0. The molecule has 0 aromatic heterocycles. The van der Waals surface area contributed by atoms with Gasteiger partial charge in [-0.15, -0.1) is 0 Å². The van der Waals surface area contributed by atoms with Gasteiger partial charge < -0.3 is 15.7 Å². The standard InChI is InChI=1S/C23H29N3O3/c27-22(28)12-11-20(15-18-7-3-1-4-8-18)24-23(29)25-21-13-14-26(17-21)16-19-9-5-2-6-10-19/h1-10,20-21H,11-17H2,(H,27,28)(H2,24,25,29). The van der Waals surface area contributed by atoms with Crippen LogP contribution in [0.5, 0.6) is 0 Å². The van der Waals surface area contributed by atoms with Gasteiger partial charge in [0.15, 0.2) is 0 Å². The van der Waals surface area contributed by atoms with Gasteiger partial charge in [0.2, 0.25) is 0 Å². The molecule has 2 amide bonds. The summed E-state index contributed by atoms with van der Waals surface area (Å²) in [7, 11) is 0. The largest absolute Gasteiger partial charge is 0.481 e. The highest BCUT2D eigenvalue weighted by Crippen LogP contribution is 2.14. The molecule has 2 aromatic carbocycles. The van der Waals surface area contributed by atoms with Crippen LogP contribution in [0.15, 0.2) is 60.7 Å². The Kier molecular flexibility index (Phi) is 7.64. The monoisotopic (exact) mass is 395 g/mol. The summed E-state index contributed by atoms with van der Waals surface area (Å²) >= 11 is 0. The van der Waals surface area contributed by atoms with Crippen molar-refractivity contribution in [2.45, 2.75) is 44.3 Å². The molecule has 29 heavy (non-hydrogen) atoms. The number of rotatable bonds is 9. The third-order valence-corrected chi connectivity index (χ3v) is 5.22. The molecule has 0 spiro atoms. The van der Waals surface area contributed by atoms with E-state index in [0.717, 1.165) is 31.6 Å². The van der Waals surface area contributed by atoms with Crippen LogP contribution in [0, 0.1) is 0 Å². The fraction of sp³-hybridized carbons (Fsp3) is 0.391. The van der Waals surface area contributed by atoms with Crippen molar-refractivity contribution in [3.63, 3.8) is 0 Å². The Morgan fingerprint density at radius 1 is 1.03 bits per heavy atom. The van der Waals surface area contributed by atoms with E-state index in [0.29, 0.717) is 12.8 Å². The van der Waals surface area contributed by atoms with Crippen molar-refractivity contribution in [3.05, 3.63) is 71.8 Å². The number of nitrogens with zero attached hydrogens (tertiary/aromatic N) is 1. The number of urea groups is 1. The molecular formula is C23H29N3O3. The lowest BCUT2D eigenvalue weighted by Crippen LogP contribution is -2.47. The zero-order valence-corrected chi connectivity index (χ0v) is 16.6. The number of nitrogens with one attached hydrogen (secondary N) is 2. The molecule has 1 heterocycles. The molecule has 0 radical (unpaired) electrons. The van der Waals surface area contributed by atoms with Gasteiger partial charge in [0, 0.05) is 38.1 Å². The van der Waals surface area contributed by atoms with E-state index in [1.54, 1.807) is 0 Å². The molecule has 6 heteroatoms. The van der Waals surface area contributed by atoms with Gasteiger partial charge in [-0.2, -0.15) is 0 Å². The Morgan fingerprint density at radius 2 is 1.69 bits per heavy atom. The van der Waals surface area contributed by atoms with Gasteiger partial charge in [0.1, 0.15) is 0 Å². The minimum absolute atomic E-state index is 0.0338. The van der Waals surface area contributed by atoms with Gasteiger partial charge in [0.25, 0.3) is 0 Å². The molecule has 1 aliphatic rings. The van der Waals surface area contributed by atoms with Crippen LogP contribution in [0.4, 0.5) is 4.79 Å². The Morgan fingerprint density at radius 3 is 2.34 bits per heavy atom. The van der Waals surface area contributed by atoms with Crippen LogP contribution in [0.1, 0.15) is 30.4 Å². The van der Waals surface area contributed by atoms with Crippen molar-refractivity contribution in [1.29, 1.82) is 0 Å². The molecular weight excluding hydrogens is 366 g/mol. The van der Waals surface area contributed by atoms with Crippen molar-refractivity contribution in [1.82, 2.24) is 15.5 Å². The zero-order valence-electron chi connectivity index (χ0n) is 16.6. The van der Waals surface area contributed by atoms with E-state index in [2.05, 4.69) is 27.7 Å². The van der Waals surface area contributed by atoms with Crippen molar-refractivity contribution < 1.29 is 14.7 Å². The van der Waals surface area contributed by atoms with E-state index in [1.807, 2.05) is 48.5 Å². The minimum atomic E-state index is -0.849. The number of hydrogen-bond donors (Lipinski definition) is 3. The summed E-state index contributed by atoms with van der Waals surface area (Å²) < 4.78 is 0. The Bertz CT molecular complexity index is 782. The fourth-order valence-corrected chi connectivity index (χ4v) is 3.77. The van der Waals surface area contributed by atoms with Crippen molar-refractivity contribution in [2.24, 2.45) is 0 Å². The molecule has 0 saturated carbocycles. The number of carbonyl (C=O) groups is 2. The van der Waals surface area contributed by atoms with E-state index in [9.17, 15) is 9.59 Å². The molecule has 0 bridgehead atoms. The molecule has 6 nitrogen and oxygen atoms in total. The number of amides is 2. The van der Waals surface area contributed by atoms with Crippen LogP contribution >= 0.6 is 0 Å². The second-order valence-corrected chi connectivity index (χ2v) is 7.64. The number of carbonyl (C=O) groups excluding carboxylic acids is 1. The highest BCUT2D eigenvalue weighted by atomic mass is 16.4. The predicted molar refractivity (Wildman–Crippen MR) is 113 cm³/mol. The summed E-state index contributed by atoms with van der Waals surface area (Å²) in [5, 5.41) is 15.0. The number of carboxylic acids is 1. The maximum absolute atomic E-state index is 12.5. The summed E-state index contributed by atoms with van der Waals surface area (Å²) in [5.41, 5.74) is 2.35. The van der Waals surface area contributed by atoms with E-state index >= 15 is 0 Å². The molecule has 3 rings (SSSR count). The van der Waals surface area contributed by atoms with E-state index < -0.39 is 5.97 Å². The van der Waals surface area contributed by atoms with Crippen LogP contribution in [-0.4, -0.2) is 47.2 Å². The number of hydrogen-bond acceptors (Lipinski definition) is 3. The predicted octanol–water partition coefficient (Wildman–Crippen LogP) is 3.04. The molecule has 2 unspecified atom stereocenters. The minimum Gasteiger partial charge on any atom is -0.481 e. The Balaban J connectivity index is 1.48. The van der Waals surface area contributed by atoms with Crippen molar-refractivity contribution >= 4 is 12.0 Å². The third-order valence-electron chi connectivity index (χ3n) is 5.22. The summed E-state index contributed by atoms with van der Waals surface area (Å²) in [5.74, 6) is -0.849. The molecule has 1 aliphatic heterocycles. The fourth-order valence-electron chi connectivity index (χ4n) is 3.77. The molecule has 1 saturated heterocycles. The third kappa shape index (κ3) is 7.23. The van der Waals surface area contributed by atoms with Gasteiger partial charge in [-0.25, -0.2) is 4.79 Å². The molecule has 0 aliphatic carbocycles. The summed E-state index contributed by atoms with van der Waals surface area (Å²) in [6.07, 6.45) is 1.97. The van der Waals surface area contributed by atoms with Gasteiger partial charge in [-0.1, -0.05) is 60.7 Å². The van der Waals surface area contributed by atoms with Crippen LogP contribution < -0.4 is 10.6 Å². The quantitative estimate of drug-likeness (QED) is 0.610. The molecule has 2 atom stereocenters. The summed E-state index contributed by atoms with van der Waals surface area (Å²) in [6, 6.07) is 19.8. The first kappa shape index (κ1) is 20.9. The first-order chi connectivity index (χ1) is 14.1. The first-order valence-electron chi connectivity index (χ1n) is 10.2. The normalized spacial score (nSPS) is 17.6. The number of carboxylic acid groups (broad SMARTS) is 1. The molecule has 1 fully saturated rings. The van der Waals surface area contributed by atoms with Crippen LogP contribution in [0.2, 0.25) is 0 Å². The highest BCUT2D eigenvalue weighted by molar-refractivity contribution is 5.75. The molecule has 2 aromatic rings. The smallest absolute Gasteiger partial charge is 0.315 e. The second-order valence-electron chi connectivity index (χ2n) is 7.64. The average molecular weight is 396 g/mol. The molecule has 154 valence electrons. The Hall–Kier alpha value is -2.86. The van der Waals surface area contributed by atoms with Gasteiger partial charge >= 0.3 is 12.0 Å². The number of aliphatic carboxylic acids is 1. The Labute approximate surface area is 171 Å². The first-order valence-corrected chi connectivity index (χ1v) is 10.2. The highest BCUT2D eigenvalue weighted by Gasteiger charge is 2.24. The maximum Gasteiger partial charge on any atom is 0.315 e. The summed E-state index contributed by atoms with van der Waals surface area (Å²) in [4.78, 5) is 25.8. The maximum atomic E-state index is 12.5. The topological polar surface area (TPSA) is 81.7 Å². The number of benzene rings is 2. The van der Waals surface area contributed by atoms with Crippen molar-refractivity contribution in [2.75, 3.05) is 13.1 Å². The van der Waals surface area contributed by atoms with E-state index in [4.69, 9.17) is 5.11 Å². The lowest BCUT2D eigenvalue weighted by Gasteiger charge is -2.21. The van der Waals surface area contributed by atoms with Crippen molar-refractivity contribution in [3.8, 4) is 0 Å². The van der Waals surface area contributed by atoms with Gasteiger partial charge in [0.05, 0.1) is 0 Å². The summed E-state index contributed by atoms with van der Waals surface area (Å²) in [6.45, 7) is 2.66. The SMILES string of the molecule is O=C(O)CCC(Cc1ccccc1)NC(=O)NC1CCN(Cc2ccccc2)C1. The van der Waals surface area contributed by atoms with Crippen LogP contribution in [0.3, 0.4) is 0 Å². The van der Waals surface area contributed by atoms with Crippen LogP contribution in [0.25, 0.3) is 0 Å². The zero-order chi connectivity index (χ0) is 20.5. The van der Waals surface area contributed by atoms with E-state index in [1.165, 1.54) is 5.56 Å². The van der Waals surface area contributed by atoms with E-state index in [-0.39, 0.29) is 24.5 Å². The average Bonchev–Trinajstić information content (AvgIpc) is 3.14. The van der Waals surface area contributed by atoms with Gasteiger partial charge in [-0.3, -0.25) is 9.69 Å². The molecule has 3 N–H and O–H groups in total. The lowest BCUT2D eigenvalue weighted by molar-refractivity contribution is -0.137. The second kappa shape index (κ2) is 10.6. The van der Waals surface area contributed by atoms with Gasteiger partial charge in [-0.05, 0) is 30.4 Å².